The highest BCUT2D eigenvalue weighted by atomic mass is 16.2. The van der Waals surface area contributed by atoms with Crippen LogP contribution in [-0.2, 0) is 17.9 Å². The molecule has 0 aliphatic carbocycles. The first-order valence-electron chi connectivity index (χ1n) is 8.77. The zero-order chi connectivity index (χ0) is 17.9. The van der Waals surface area contributed by atoms with E-state index in [9.17, 15) is 9.59 Å². The van der Waals surface area contributed by atoms with Gasteiger partial charge in [0.25, 0.3) is 5.56 Å². The number of fused-ring (bicyclic) bond motifs is 1. The molecule has 6 heteroatoms. The molecule has 0 unspecified atom stereocenters. The van der Waals surface area contributed by atoms with E-state index in [1.54, 1.807) is 6.07 Å². The third-order valence-corrected chi connectivity index (χ3v) is 4.64. The van der Waals surface area contributed by atoms with Gasteiger partial charge < -0.3 is 10.2 Å². The molecule has 1 saturated heterocycles. The van der Waals surface area contributed by atoms with E-state index in [1.807, 2.05) is 47.4 Å². The predicted molar refractivity (Wildman–Crippen MR) is 101 cm³/mol. The first kappa shape index (κ1) is 16.3. The molecule has 1 amide bonds. The normalized spacial score (nSPS) is 14.2. The van der Waals surface area contributed by atoms with Crippen molar-refractivity contribution in [3.8, 4) is 0 Å². The van der Waals surface area contributed by atoms with Crippen LogP contribution in [0.3, 0.4) is 0 Å². The molecule has 3 aromatic rings. The Balaban J connectivity index is 1.42. The number of aromatic nitrogens is 2. The molecule has 2 aromatic carbocycles. The molecule has 0 bridgehead atoms. The van der Waals surface area contributed by atoms with Crippen LogP contribution < -0.4 is 10.9 Å². The Labute approximate surface area is 150 Å². The average Bonchev–Trinajstić information content (AvgIpc) is 3.06. The van der Waals surface area contributed by atoms with Crippen LogP contribution >= 0.6 is 0 Å². The number of hydrogen-bond donors (Lipinski definition) is 2. The Morgan fingerprint density at radius 3 is 2.58 bits per heavy atom. The van der Waals surface area contributed by atoms with E-state index in [-0.39, 0.29) is 11.5 Å². The fourth-order valence-electron chi connectivity index (χ4n) is 3.21. The molecule has 6 nitrogen and oxygen atoms in total. The lowest BCUT2D eigenvalue weighted by Gasteiger charge is -2.15. The molecule has 1 aliphatic heterocycles. The lowest BCUT2D eigenvalue weighted by molar-refractivity contribution is -0.128. The number of amides is 1. The summed E-state index contributed by atoms with van der Waals surface area (Å²) in [6.45, 7) is 2.08. The predicted octanol–water partition coefficient (Wildman–Crippen LogP) is 2.66. The fraction of sp³-hybridized carbons (Fsp3) is 0.250. The fourth-order valence-corrected chi connectivity index (χ4v) is 3.21. The van der Waals surface area contributed by atoms with Crippen LogP contribution in [-0.4, -0.2) is 27.3 Å². The van der Waals surface area contributed by atoms with Crippen LogP contribution in [0.15, 0.2) is 53.3 Å². The number of anilines is 1. The monoisotopic (exact) mass is 348 g/mol. The van der Waals surface area contributed by atoms with Gasteiger partial charge in [-0.25, -0.2) is 4.98 Å². The minimum atomic E-state index is -0.149. The summed E-state index contributed by atoms with van der Waals surface area (Å²) in [5.74, 6) is 0.697. The van der Waals surface area contributed by atoms with Gasteiger partial charge in [-0.1, -0.05) is 36.4 Å². The number of nitrogens with one attached hydrogen (secondary N) is 2. The third kappa shape index (κ3) is 3.44. The molecule has 26 heavy (non-hydrogen) atoms. The molecule has 0 radical (unpaired) electrons. The second kappa shape index (κ2) is 7.00. The summed E-state index contributed by atoms with van der Waals surface area (Å²) in [6, 6.07) is 15.4. The average molecular weight is 348 g/mol. The maximum Gasteiger partial charge on any atom is 0.260 e. The summed E-state index contributed by atoms with van der Waals surface area (Å²) in [4.78, 5) is 32.9. The molecule has 132 valence electrons. The van der Waals surface area contributed by atoms with E-state index < -0.39 is 0 Å². The summed E-state index contributed by atoms with van der Waals surface area (Å²) in [5, 5.41) is 3.74. The van der Waals surface area contributed by atoms with Gasteiger partial charge in [-0.3, -0.25) is 14.6 Å². The lowest BCUT2D eigenvalue weighted by Crippen LogP contribution is -2.23. The smallest absolute Gasteiger partial charge is 0.260 e. The Kier molecular flexibility index (Phi) is 4.39. The van der Waals surface area contributed by atoms with Crippen molar-refractivity contribution < 1.29 is 4.79 Å². The van der Waals surface area contributed by atoms with Crippen molar-refractivity contribution in [2.75, 3.05) is 11.9 Å². The highest BCUT2D eigenvalue weighted by Gasteiger charge is 2.19. The van der Waals surface area contributed by atoms with Crippen LogP contribution in [0.1, 0.15) is 24.0 Å². The van der Waals surface area contributed by atoms with Crippen molar-refractivity contribution >= 4 is 22.8 Å². The van der Waals surface area contributed by atoms with Crippen molar-refractivity contribution in [3.05, 3.63) is 70.0 Å². The molecular weight excluding hydrogens is 328 g/mol. The standard InChI is InChI=1S/C20H20N4O2/c25-18-6-3-11-24(18)13-15-9-7-14(8-10-15)12-21-20-22-17-5-2-1-4-16(17)19(26)23-20/h1-2,4-5,7-10H,3,6,11-13H2,(H2,21,22,23,26). The molecule has 0 spiro atoms. The molecule has 1 aliphatic rings. The number of carbonyl (C=O) groups excluding carboxylic acids is 1. The molecule has 0 atom stereocenters. The Morgan fingerprint density at radius 2 is 1.81 bits per heavy atom. The second-order valence-corrected chi connectivity index (χ2v) is 6.52. The molecule has 0 saturated carbocycles. The number of aromatic amines is 1. The number of likely N-dealkylation sites (tertiary alicyclic amines) is 1. The Hall–Kier alpha value is -3.15. The minimum absolute atomic E-state index is 0.149. The largest absolute Gasteiger partial charge is 0.352 e. The Morgan fingerprint density at radius 1 is 1.04 bits per heavy atom. The van der Waals surface area contributed by atoms with Crippen molar-refractivity contribution in [2.24, 2.45) is 0 Å². The topological polar surface area (TPSA) is 78.1 Å². The highest BCUT2D eigenvalue weighted by molar-refractivity contribution is 5.78. The molecule has 2 N–H and O–H groups in total. The van der Waals surface area contributed by atoms with Crippen LogP contribution in [0.25, 0.3) is 10.9 Å². The molecule has 4 rings (SSSR count). The van der Waals surface area contributed by atoms with Gasteiger partial charge in [0.05, 0.1) is 10.9 Å². The number of rotatable bonds is 5. The summed E-state index contributed by atoms with van der Waals surface area (Å²) in [6.07, 6.45) is 1.62. The Bertz CT molecular complexity index is 995. The zero-order valence-corrected chi connectivity index (χ0v) is 14.4. The maximum atomic E-state index is 12.1. The zero-order valence-electron chi connectivity index (χ0n) is 14.4. The molecule has 2 heterocycles. The summed E-state index contributed by atoms with van der Waals surface area (Å²) in [5.41, 5.74) is 2.73. The highest BCUT2D eigenvalue weighted by Crippen LogP contribution is 2.15. The summed E-state index contributed by atoms with van der Waals surface area (Å²) >= 11 is 0. The van der Waals surface area contributed by atoms with Gasteiger partial charge in [0.1, 0.15) is 0 Å². The van der Waals surface area contributed by atoms with Crippen molar-refractivity contribution in [1.82, 2.24) is 14.9 Å². The minimum Gasteiger partial charge on any atom is -0.352 e. The maximum absolute atomic E-state index is 12.1. The van der Waals surface area contributed by atoms with Gasteiger partial charge in [0.15, 0.2) is 0 Å². The molecule has 1 aromatic heterocycles. The van der Waals surface area contributed by atoms with Crippen molar-refractivity contribution in [1.29, 1.82) is 0 Å². The van der Waals surface area contributed by atoms with Crippen molar-refractivity contribution in [2.45, 2.75) is 25.9 Å². The van der Waals surface area contributed by atoms with Gasteiger partial charge in [-0.05, 0) is 29.7 Å². The second-order valence-electron chi connectivity index (χ2n) is 6.52. The van der Waals surface area contributed by atoms with Gasteiger partial charge in [-0.15, -0.1) is 0 Å². The lowest BCUT2D eigenvalue weighted by atomic mass is 10.1. The van der Waals surface area contributed by atoms with Gasteiger partial charge in [0.2, 0.25) is 11.9 Å². The van der Waals surface area contributed by atoms with Crippen LogP contribution in [0.2, 0.25) is 0 Å². The number of H-pyrrole nitrogens is 1. The molecular formula is C20H20N4O2. The summed E-state index contributed by atoms with van der Waals surface area (Å²) < 4.78 is 0. The van der Waals surface area contributed by atoms with E-state index in [0.717, 1.165) is 24.1 Å². The number of para-hydroxylation sites is 1. The first-order chi connectivity index (χ1) is 12.7. The van der Waals surface area contributed by atoms with E-state index in [1.165, 1.54) is 0 Å². The van der Waals surface area contributed by atoms with E-state index >= 15 is 0 Å². The van der Waals surface area contributed by atoms with Gasteiger partial charge >= 0.3 is 0 Å². The number of hydrogen-bond acceptors (Lipinski definition) is 4. The quantitative estimate of drug-likeness (QED) is 0.743. The van der Waals surface area contributed by atoms with Crippen LogP contribution in [0.4, 0.5) is 5.95 Å². The third-order valence-electron chi connectivity index (χ3n) is 4.64. The van der Waals surface area contributed by atoms with Crippen LogP contribution in [0.5, 0.6) is 0 Å². The van der Waals surface area contributed by atoms with Crippen LogP contribution in [0, 0.1) is 0 Å². The van der Waals surface area contributed by atoms with E-state index in [4.69, 9.17) is 0 Å². The number of carbonyl (C=O) groups is 1. The van der Waals surface area contributed by atoms with E-state index in [2.05, 4.69) is 15.3 Å². The molecule has 1 fully saturated rings. The van der Waals surface area contributed by atoms with E-state index in [0.29, 0.717) is 36.4 Å². The SMILES string of the molecule is O=C1CCCN1Cc1ccc(CNc2nc3ccccc3c(=O)[nH]2)cc1. The summed E-state index contributed by atoms with van der Waals surface area (Å²) in [7, 11) is 0. The van der Waals surface area contributed by atoms with Gasteiger partial charge in [0, 0.05) is 26.1 Å². The number of nitrogens with zero attached hydrogens (tertiary/aromatic N) is 2. The first-order valence-corrected chi connectivity index (χ1v) is 8.77. The van der Waals surface area contributed by atoms with Gasteiger partial charge in [-0.2, -0.15) is 0 Å². The number of benzene rings is 2. The van der Waals surface area contributed by atoms with Crippen molar-refractivity contribution in [3.63, 3.8) is 0 Å².